The maximum absolute atomic E-state index is 13.6. The fraction of sp³-hybridized carbons (Fsp3) is 0.276. The van der Waals surface area contributed by atoms with Gasteiger partial charge in [0.15, 0.2) is 0 Å². The van der Waals surface area contributed by atoms with Gasteiger partial charge in [-0.3, -0.25) is 4.79 Å². The van der Waals surface area contributed by atoms with Crippen LogP contribution in [0.25, 0.3) is 22.2 Å². The maximum atomic E-state index is 13.6. The van der Waals surface area contributed by atoms with Gasteiger partial charge in [-0.05, 0) is 73.9 Å². The van der Waals surface area contributed by atoms with E-state index in [1.807, 2.05) is 36.4 Å². The van der Waals surface area contributed by atoms with Crippen molar-refractivity contribution in [2.45, 2.75) is 46.5 Å². The molecular weight excluding hydrogens is 438 g/mol. The third kappa shape index (κ3) is 3.99. The van der Waals surface area contributed by atoms with Crippen LogP contribution in [0.2, 0.25) is 0 Å². The smallest absolute Gasteiger partial charge is 0.257 e. The minimum atomic E-state index is -0.203. The van der Waals surface area contributed by atoms with Crippen LogP contribution in [0.3, 0.4) is 0 Å². The molecule has 0 spiro atoms. The van der Waals surface area contributed by atoms with Crippen LogP contribution >= 0.6 is 11.3 Å². The van der Waals surface area contributed by atoms with Gasteiger partial charge in [0.25, 0.3) is 5.91 Å². The summed E-state index contributed by atoms with van der Waals surface area (Å²) < 4.78 is 0. The zero-order valence-corrected chi connectivity index (χ0v) is 20.6. The number of aromatic nitrogens is 1. The van der Waals surface area contributed by atoms with E-state index in [4.69, 9.17) is 4.98 Å². The number of rotatable bonds is 4. The molecule has 0 radical (unpaired) electrons. The quantitative estimate of drug-likeness (QED) is 0.346. The first-order valence-electron chi connectivity index (χ1n) is 11.8. The second kappa shape index (κ2) is 9.04. The number of carbonyl (C=O) groups excluding carboxylic acids is 1. The number of nitrogens with zero attached hydrogens (tertiary/aromatic N) is 2. The second-order valence-electron chi connectivity index (χ2n) is 9.16. The standard InChI is InChI=1S/C29H27N3OS/c1-4-19-10-12-22-24(16-30)29(34-27(22)14-19)32-28(33)23-15-26(20-11-9-17(2)18(3)13-20)31-25-8-6-5-7-21(23)25/h5-9,11,13,15,19H,4,10,12,14H2,1-3H3,(H,32,33)/t19-/m0/s1. The highest BCUT2D eigenvalue weighted by Gasteiger charge is 2.26. The number of carbonyl (C=O) groups is 1. The number of benzene rings is 2. The topological polar surface area (TPSA) is 65.8 Å². The van der Waals surface area contributed by atoms with E-state index in [-0.39, 0.29) is 5.91 Å². The van der Waals surface area contributed by atoms with Crippen LogP contribution in [-0.4, -0.2) is 10.9 Å². The van der Waals surface area contributed by atoms with Crippen LogP contribution in [0.15, 0.2) is 48.5 Å². The highest BCUT2D eigenvalue weighted by atomic mass is 32.1. The normalized spacial score (nSPS) is 15.1. The molecule has 0 unspecified atom stereocenters. The number of nitrogens with one attached hydrogen (secondary N) is 1. The summed E-state index contributed by atoms with van der Waals surface area (Å²) in [7, 11) is 0. The lowest BCUT2D eigenvalue weighted by Gasteiger charge is -2.20. The highest BCUT2D eigenvalue weighted by Crippen LogP contribution is 2.40. The van der Waals surface area contributed by atoms with E-state index < -0.39 is 0 Å². The highest BCUT2D eigenvalue weighted by molar-refractivity contribution is 7.16. The number of hydrogen-bond acceptors (Lipinski definition) is 4. The Morgan fingerprint density at radius 2 is 2.00 bits per heavy atom. The second-order valence-corrected chi connectivity index (χ2v) is 10.3. The van der Waals surface area contributed by atoms with Crippen LogP contribution in [0.5, 0.6) is 0 Å². The van der Waals surface area contributed by atoms with Crippen LogP contribution in [0, 0.1) is 31.1 Å². The van der Waals surface area contributed by atoms with Crippen molar-refractivity contribution in [1.82, 2.24) is 4.98 Å². The van der Waals surface area contributed by atoms with E-state index in [0.717, 1.165) is 53.4 Å². The van der Waals surface area contributed by atoms with E-state index in [1.165, 1.54) is 16.0 Å². The number of fused-ring (bicyclic) bond motifs is 2. The fourth-order valence-corrected chi connectivity index (χ4v) is 6.10. The average molecular weight is 466 g/mol. The van der Waals surface area contributed by atoms with Crippen molar-refractivity contribution >= 4 is 33.1 Å². The Labute approximate surface area is 204 Å². The molecule has 2 aromatic carbocycles. The van der Waals surface area contributed by atoms with Gasteiger partial charge < -0.3 is 5.32 Å². The van der Waals surface area contributed by atoms with Crippen molar-refractivity contribution in [3.63, 3.8) is 0 Å². The number of para-hydroxylation sites is 1. The minimum Gasteiger partial charge on any atom is -0.312 e. The number of pyridine rings is 1. The van der Waals surface area contributed by atoms with Gasteiger partial charge in [0.05, 0.1) is 22.3 Å². The molecule has 4 nitrogen and oxygen atoms in total. The van der Waals surface area contributed by atoms with Gasteiger partial charge in [0.1, 0.15) is 11.1 Å². The number of nitriles is 1. The lowest BCUT2D eigenvalue weighted by atomic mass is 9.86. The van der Waals surface area contributed by atoms with Gasteiger partial charge in [0, 0.05) is 15.8 Å². The fourth-order valence-electron chi connectivity index (χ4n) is 4.79. The Kier molecular flexibility index (Phi) is 5.93. The van der Waals surface area contributed by atoms with Gasteiger partial charge in [-0.15, -0.1) is 11.3 Å². The predicted octanol–water partition coefficient (Wildman–Crippen LogP) is 7.22. The largest absolute Gasteiger partial charge is 0.312 e. The Morgan fingerprint density at radius 1 is 1.18 bits per heavy atom. The Balaban J connectivity index is 1.56. The zero-order chi connectivity index (χ0) is 23.8. The third-order valence-corrected chi connectivity index (χ3v) is 8.22. The van der Waals surface area contributed by atoms with E-state index in [2.05, 4.69) is 44.3 Å². The molecule has 4 aromatic rings. The number of amides is 1. The summed E-state index contributed by atoms with van der Waals surface area (Å²) in [5, 5.41) is 14.4. The summed E-state index contributed by atoms with van der Waals surface area (Å²) in [6.45, 7) is 6.39. The first kappa shape index (κ1) is 22.3. The minimum absolute atomic E-state index is 0.203. The van der Waals surface area contributed by atoms with E-state index in [9.17, 15) is 10.1 Å². The summed E-state index contributed by atoms with van der Waals surface area (Å²) in [4.78, 5) is 19.7. The van der Waals surface area contributed by atoms with Crippen LogP contribution in [0.4, 0.5) is 5.00 Å². The number of thiophene rings is 1. The molecule has 5 rings (SSSR count). The first-order chi connectivity index (χ1) is 16.5. The number of anilines is 1. The van der Waals surface area contributed by atoms with Crippen molar-refractivity contribution in [2.75, 3.05) is 5.32 Å². The SMILES string of the molecule is CC[C@H]1CCc2c(sc(NC(=O)c3cc(-c4ccc(C)c(C)c4)nc4ccccc34)c2C#N)C1. The summed E-state index contributed by atoms with van der Waals surface area (Å²) in [6.07, 6.45) is 4.16. The molecule has 0 bridgehead atoms. The molecular formula is C29H27N3OS. The zero-order valence-electron chi connectivity index (χ0n) is 19.7. The van der Waals surface area contributed by atoms with Crippen LogP contribution in [-0.2, 0) is 12.8 Å². The Hall–Kier alpha value is -3.49. The average Bonchev–Trinajstić information content (AvgIpc) is 3.20. The molecule has 34 heavy (non-hydrogen) atoms. The molecule has 0 aliphatic heterocycles. The van der Waals surface area contributed by atoms with Crippen molar-refractivity contribution in [2.24, 2.45) is 5.92 Å². The van der Waals surface area contributed by atoms with Gasteiger partial charge in [0.2, 0.25) is 0 Å². The van der Waals surface area contributed by atoms with Crippen molar-refractivity contribution in [3.05, 3.63) is 81.2 Å². The monoisotopic (exact) mass is 465 g/mol. The Morgan fingerprint density at radius 3 is 2.76 bits per heavy atom. The molecule has 2 aromatic heterocycles. The van der Waals surface area contributed by atoms with Crippen molar-refractivity contribution < 1.29 is 4.79 Å². The van der Waals surface area contributed by atoms with Gasteiger partial charge >= 0.3 is 0 Å². The predicted molar refractivity (Wildman–Crippen MR) is 139 cm³/mol. The molecule has 170 valence electrons. The summed E-state index contributed by atoms with van der Waals surface area (Å²) >= 11 is 1.57. The molecule has 1 atom stereocenters. The third-order valence-electron chi connectivity index (χ3n) is 7.05. The van der Waals surface area contributed by atoms with E-state index >= 15 is 0 Å². The van der Waals surface area contributed by atoms with E-state index in [0.29, 0.717) is 22.0 Å². The molecule has 1 N–H and O–H groups in total. The lowest BCUT2D eigenvalue weighted by molar-refractivity contribution is 0.102. The number of aryl methyl sites for hydroxylation is 2. The summed E-state index contributed by atoms with van der Waals surface area (Å²) in [6, 6.07) is 18.2. The lowest BCUT2D eigenvalue weighted by Crippen LogP contribution is -2.13. The molecule has 1 aliphatic rings. The van der Waals surface area contributed by atoms with Gasteiger partial charge in [-0.2, -0.15) is 5.26 Å². The van der Waals surface area contributed by atoms with Crippen LogP contribution in [0.1, 0.15) is 57.3 Å². The molecule has 1 aliphatic carbocycles. The summed E-state index contributed by atoms with van der Waals surface area (Å²) in [5.74, 6) is 0.455. The number of hydrogen-bond donors (Lipinski definition) is 1. The van der Waals surface area contributed by atoms with Crippen LogP contribution < -0.4 is 5.32 Å². The molecule has 5 heteroatoms. The summed E-state index contributed by atoms with van der Waals surface area (Å²) in [5.41, 5.74) is 7.27. The Bertz CT molecular complexity index is 1460. The van der Waals surface area contributed by atoms with Crippen molar-refractivity contribution in [1.29, 1.82) is 5.26 Å². The first-order valence-corrected chi connectivity index (χ1v) is 12.6. The molecule has 0 fully saturated rings. The van der Waals surface area contributed by atoms with Crippen molar-refractivity contribution in [3.8, 4) is 17.3 Å². The molecule has 1 amide bonds. The van der Waals surface area contributed by atoms with Gasteiger partial charge in [-0.1, -0.05) is 43.7 Å². The van der Waals surface area contributed by atoms with E-state index in [1.54, 1.807) is 11.3 Å². The van der Waals surface area contributed by atoms with Gasteiger partial charge in [-0.25, -0.2) is 4.98 Å². The molecule has 2 heterocycles. The molecule has 0 saturated heterocycles. The maximum Gasteiger partial charge on any atom is 0.257 e. The molecule has 0 saturated carbocycles.